The van der Waals surface area contributed by atoms with Crippen molar-refractivity contribution in [2.75, 3.05) is 0 Å². The summed E-state index contributed by atoms with van der Waals surface area (Å²) in [6.07, 6.45) is 4.42. The molecule has 0 bridgehead atoms. The number of nitrogens with zero attached hydrogens (tertiary/aromatic N) is 1. The normalized spacial score (nSPS) is 9.73. The van der Waals surface area contributed by atoms with Gasteiger partial charge in [-0.25, -0.2) is 0 Å². The highest BCUT2D eigenvalue weighted by Gasteiger charge is 2.05. The highest BCUT2D eigenvalue weighted by molar-refractivity contribution is 6.19. The Labute approximate surface area is 72.0 Å². The first-order valence-electron chi connectivity index (χ1n) is 3.86. The Kier molecular flexibility index (Phi) is 6.27. The summed E-state index contributed by atoms with van der Waals surface area (Å²) in [4.78, 5) is 10.6. The van der Waals surface area contributed by atoms with E-state index in [0.717, 1.165) is 25.7 Å². The maximum absolute atomic E-state index is 10.6. The molecule has 66 valence electrons. The van der Waals surface area contributed by atoms with Crippen molar-refractivity contribution in [1.82, 2.24) is 4.58 Å². The zero-order valence-corrected chi connectivity index (χ0v) is 7.47. The molecule has 0 aliphatic heterocycles. The summed E-state index contributed by atoms with van der Waals surface area (Å²) < 4.78 is 0.131. The number of carbonyl (C=O) groups excluding carboxylic acids is 1. The Morgan fingerprint density at radius 3 is 2.55 bits per heavy atom. The molecular weight excluding hydrogens is 166 g/mol. The smallest absolute Gasteiger partial charge is 0.261 e. The van der Waals surface area contributed by atoms with Gasteiger partial charge in [0.15, 0.2) is 0 Å². The lowest BCUT2D eigenvalue weighted by Gasteiger charge is -2.03. The molecule has 11 heavy (non-hydrogen) atoms. The summed E-state index contributed by atoms with van der Waals surface area (Å²) in [5.74, 6) is -0.428. The largest absolute Gasteiger partial charge is 0.271 e. The van der Waals surface area contributed by atoms with Crippen LogP contribution in [0, 0.1) is 0 Å². The van der Waals surface area contributed by atoms with E-state index in [-0.39, 0.29) is 4.58 Å². The predicted molar refractivity (Wildman–Crippen MR) is 43.2 cm³/mol. The van der Waals surface area contributed by atoms with Crippen LogP contribution in [-0.2, 0) is 4.79 Å². The van der Waals surface area contributed by atoms with Gasteiger partial charge < -0.3 is 0 Å². The quantitative estimate of drug-likeness (QED) is 0.305. The van der Waals surface area contributed by atoms with Crippen molar-refractivity contribution in [3.8, 4) is 0 Å². The van der Waals surface area contributed by atoms with E-state index in [0.29, 0.717) is 6.42 Å². The van der Waals surface area contributed by atoms with Crippen LogP contribution in [0.3, 0.4) is 0 Å². The van der Waals surface area contributed by atoms with Gasteiger partial charge in [0.25, 0.3) is 5.91 Å². The van der Waals surface area contributed by atoms with Crippen molar-refractivity contribution >= 4 is 17.7 Å². The zero-order valence-electron chi connectivity index (χ0n) is 6.72. The average molecular weight is 180 g/mol. The Morgan fingerprint density at radius 2 is 2.09 bits per heavy atom. The highest BCUT2D eigenvalue weighted by Crippen LogP contribution is 2.04. The minimum Gasteiger partial charge on any atom is -0.271 e. The molecule has 3 nitrogen and oxygen atoms in total. The van der Waals surface area contributed by atoms with Crippen LogP contribution in [0.5, 0.6) is 0 Å². The van der Waals surface area contributed by atoms with Crippen LogP contribution < -0.4 is 0 Å². The molecule has 0 aromatic carbocycles. The average Bonchev–Trinajstić information content (AvgIpc) is 1.97. The van der Waals surface area contributed by atoms with Crippen molar-refractivity contribution in [2.45, 2.75) is 39.0 Å². The van der Waals surface area contributed by atoms with E-state index < -0.39 is 5.91 Å². The van der Waals surface area contributed by atoms with Crippen LogP contribution in [0.2, 0.25) is 0 Å². The van der Waals surface area contributed by atoms with E-state index in [1.165, 1.54) is 0 Å². The Bertz CT molecular complexity index is 117. The molecule has 0 radical (unpaired) electrons. The molecule has 0 saturated heterocycles. The third-order valence-electron chi connectivity index (χ3n) is 1.45. The van der Waals surface area contributed by atoms with Crippen molar-refractivity contribution in [3.05, 3.63) is 0 Å². The molecule has 0 atom stereocenters. The van der Waals surface area contributed by atoms with Gasteiger partial charge in [0.1, 0.15) is 0 Å². The number of hydrogen-bond donors (Lipinski definition) is 1. The third-order valence-corrected chi connectivity index (χ3v) is 1.64. The van der Waals surface area contributed by atoms with Gasteiger partial charge in [0, 0.05) is 18.2 Å². The second-order valence-electron chi connectivity index (χ2n) is 2.46. The number of rotatable bonds is 5. The van der Waals surface area contributed by atoms with E-state index >= 15 is 0 Å². The second-order valence-corrected chi connectivity index (χ2v) is 2.78. The van der Waals surface area contributed by atoms with E-state index in [9.17, 15) is 4.79 Å². The van der Waals surface area contributed by atoms with Crippen molar-refractivity contribution in [1.29, 1.82) is 0 Å². The van der Waals surface area contributed by atoms with Crippen LogP contribution in [0.15, 0.2) is 0 Å². The van der Waals surface area contributed by atoms with E-state index in [1.54, 1.807) is 0 Å². The predicted octanol–water partition coefficient (Wildman–Crippen LogP) is 2.33. The van der Waals surface area contributed by atoms with Crippen LogP contribution >= 0.6 is 11.8 Å². The van der Waals surface area contributed by atoms with Crippen molar-refractivity contribution in [2.24, 2.45) is 0 Å². The third kappa shape index (κ3) is 6.13. The molecule has 1 N–H and O–H groups in total. The fourth-order valence-electron chi connectivity index (χ4n) is 0.795. The summed E-state index contributed by atoms with van der Waals surface area (Å²) in [5, 5.41) is 8.43. The molecule has 0 aromatic heterocycles. The summed E-state index contributed by atoms with van der Waals surface area (Å²) in [6, 6.07) is 0. The van der Waals surface area contributed by atoms with Crippen LogP contribution in [0.1, 0.15) is 39.0 Å². The number of amides is 1. The summed E-state index contributed by atoms with van der Waals surface area (Å²) in [7, 11) is 0. The maximum Gasteiger partial charge on any atom is 0.261 e. The van der Waals surface area contributed by atoms with Crippen molar-refractivity contribution < 1.29 is 10.0 Å². The van der Waals surface area contributed by atoms with Gasteiger partial charge in [-0.1, -0.05) is 26.2 Å². The van der Waals surface area contributed by atoms with E-state index in [2.05, 4.69) is 6.92 Å². The molecule has 4 heteroatoms. The summed E-state index contributed by atoms with van der Waals surface area (Å²) in [5.41, 5.74) is 0. The van der Waals surface area contributed by atoms with Gasteiger partial charge >= 0.3 is 0 Å². The molecular formula is C7H14ClNO2. The van der Waals surface area contributed by atoms with Crippen LogP contribution in [0.25, 0.3) is 0 Å². The standard InChI is InChI=1S/C7H14ClNO2/c1-2-3-4-5-6-7(10)9(8)11/h11H,2-6H2,1H3. The topological polar surface area (TPSA) is 40.5 Å². The molecule has 0 aromatic rings. The van der Waals surface area contributed by atoms with Crippen LogP contribution in [0.4, 0.5) is 0 Å². The molecule has 0 aliphatic rings. The lowest BCUT2D eigenvalue weighted by molar-refractivity contribution is -0.146. The lowest BCUT2D eigenvalue weighted by Crippen LogP contribution is -2.16. The molecule has 0 fully saturated rings. The minimum absolute atomic E-state index is 0.131. The maximum atomic E-state index is 10.6. The highest BCUT2D eigenvalue weighted by atomic mass is 35.5. The molecule has 0 spiro atoms. The van der Waals surface area contributed by atoms with Gasteiger partial charge in [-0.05, 0) is 6.42 Å². The first-order chi connectivity index (χ1) is 5.18. The van der Waals surface area contributed by atoms with Crippen LogP contribution in [-0.4, -0.2) is 15.7 Å². The fourth-order valence-corrected chi connectivity index (χ4v) is 0.880. The Morgan fingerprint density at radius 1 is 1.45 bits per heavy atom. The van der Waals surface area contributed by atoms with Gasteiger partial charge in [0.05, 0.1) is 0 Å². The first-order valence-corrected chi connectivity index (χ1v) is 4.20. The van der Waals surface area contributed by atoms with Gasteiger partial charge in [0.2, 0.25) is 0 Å². The molecule has 0 aliphatic carbocycles. The number of hydrogen-bond acceptors (Lipinski definition) is 2. The summed E-state index contributed by atoms with van der Waals surface area (Å²) in [6.45, 7) is 2.10. The van der Waals surface area contributed by atoms with Gasteiger partial charge in [-0.3, -0.25) is 10.0 Å². The zero-order chi connectivity index (χ0) is 8.69. The lowest BCUT2D eigenvalue weighted by atomic mass is 10.1. The fraction of sp³-hybridized carbons (Fsp3) is 0.857. The van der Waals surface area contributed by atoms with E-state index in [1.807, 2.05) is 0 Å². The second kappa shape index (κ2) is 6.43. The van der Waals surface area contributed by atoms with Gasteiger partial charge in [-0.15, -0.1) is 4.58 Å². The van der Waals surface area contributed by atoms with Gasteiger partial charge in [-0.2, -0.15) is 0 Å². The SMILES string of the molecule is CCCCCCC(=O)N(O)Cl. The van der Waals surface area contributed by atoms with E-state index in [4.69, 9.17) is 17.0 Å². The monoisotopic (exact) mass is 179 g/mol. The summed E-state index contributed by atoms with van der Waals surface area (Å²) >= 11 is 4.98. The number of carbonyl (C=O) groups is 1. The molecule has 0 saturated carbocycles. The molecule has 0 rings (SSSR count). The molecule has 1 amide bonds. The minimum atomic E-state index is -0.428. The Balaban J connectivity index is 3.18. The van der Waals surface area contributed by atoms with Crippen molar-refractivity contribution in [3.63, 3.8) is 0 Å². The number of unbranched alkanes of at least 4 members (excludes halogenated alkanes) is 3. The molecule has 0 heterocycles. The number of hydroxylamine groups is 1. The first kappa shape index (κ1) is 10.7. The Hall–Kier alpha value is -0.280. The number of halogens is 1. The molecule has 0 unspecified atom stereocenters.